The van der Waals surface area contributed by atoms with Crippen LogP contribution in [-0.2, 0) is 15.3 Å². The van der Waals surface area contributed by atoms with E-state index >= 15 is 0 Å². The largest absolute Gasteiger partial charge is 0.381 e. The van der Waals surface area contributed by atoms with E-state index in [1.165, 1.54) is 16.7 Å². The zero-order valence-electron chi connectivity index (χ0n) is 12.3. The van der Waals surface area contributed by atoms with Crippen LogP contribution in [0.2, 0.25) is 0 Å². The lowest BCUT2D eigenvalue weighted by Crippen LogP contribution is -2.30. The third-order valence-corrected chi connectivity index (χ3v) is 4.59. The van der Waals surface area contributed by atoms with Gasteiger partial charge in [0, 0.05) is 24.8 Å². The Kier molecular flexibility index (Phi) is 5.92. The van der Waals surface area contributed by atoms with Crippen LogP contribution in [0.25, 0.3) is 0 Å². The molecule has 1 saturated heterocycles. The number of carbonyl (C=O) groups excluding carboxylic acids is 1. The molecule has 0 unspecified atom stereocenters. The van der Waals surface area contributed by atoms with Crippen molar-refractivity contribution in [1.29, 1.82) is 0 Å². The first kappa shape index (κ1) is 15.4. The molecule has 20 heavy (non-hydrogen) atoms. The van der Waals surface area contributed by atoms with Gasteiger partial charge in [0.25, 0.3) is 0 Å². The first-order valence-electron chi connectivity index (χ1n) is 7.13. The van der Waals surface area contributed by atoms with E-state index in [0.29, 0.717) is 11.7 Å². The van der Waals surface area contributed by atoms with Crippen LogP contribution in [0.4, 0.5) is 0 Å². The van der Waals surface area contributed by atoms with Gasteiger partial charge < -0.3 is 10.1 Å². The average Bonchev–Trinajstić information content (AvgIpc) is 2.93. The maximum atomic E-state index is 11.8. The minimum atomic E-state index is 0.132. The van der Waals surface area contributed by atoms with Gasteiger partial charge in [-0.1, -0.05) is 23.8 Å². The van der Waals surface area contributed by atoms with Crippen LogP contribution >= 0.6 is 11.8 Å². The monoisotopic (exact) mass is 293 g/mol. The van der Waals surface area contributed by atoms with E-state index in [2.05, 4.69) is 37.4 Å². The Labute approximate surface area is 125 Å². The molecule has 1 aliphatic rings. The first-order valence-corrected chi connectivity index (χ1v) is 8.29. The summed E-state index contributed by atoms with van der Waals surface area (Å²) in [5.41, 5.74) is 3.90. The van der Waals surface area contributed by atoms with Crippen LogP contribution in [-0.4, -0.2) is 31.4 Å². The van der Waals surface area contributed by atoms with Crippen LogP contribution < -0.4 is 5.32 Å². The molecular formula is C16H23NO2S. The summed E-state index contributed by atoms with van der Waals surface area (Å²) in [7, 11) is 0. The van der Waals surface area contributed by atoms with Crippen molar-refractivity contribution in [3.63, 3.8) is 0 Å². The molecule has 0 aliphatic carbocycles. The third kappa shape index (κ3) is 4.84. The van der Waals surface area contributed by atoms with Crippen LogP contribution in [0.1, 0.15) is 23.1 Å². The number of carbonyl (C=O) groups is 1. The molecule has 1 aromatic rings. The second-order valence-electron chi connectivity index (χ2n) is 5.46. The van der Waals surface area contributed by atoms with Crippen molar-refractivity contribution in [3.05, 3.63) is 34.9 Å². The van der Waals surface area contributed by atoms with E-state index in [-0.39, 0.29) is 5.91 Å². The maximum Gasteiger partial charge on any atom is 0.230 e. The predicted molar refractivity (Wildman–Crippen MR) is 84.0 cm³/mol. The number of nitrogens with one attached hydrogen (secondary N) is 1. The smallest absolute Gasteiger partial charge is 0.230 e. The Balaban J connectivity index is 1.66. The lowest BCUT2D eigenvalue weighted by molar-refractivity contribution is -0.118. The summed E-state index contributed by atoms with van der Waals surface area (Å²) in [6, 6.07) is 6.47. The molecule has 1 fully saturated rings. The van der Waals surface area contributed by atoms with Crippen molar-refractivity contribution in [3.8, 4) is 0 Å². The van der Waals surface area contributed by atoms with Gasteiger partial charge >= 0.3 is 0 Å². The summed E-state index contributed by atoms with van der Waals surface area (Å²) >= 11 is 1.68. The van der Waals surface area contributed by atoms with Crippen LogP contribution in [0, 0.1) is 19.8 Å². The number of benzene rings is 1. The van der Waals surface area contributed by atoms with E-state index in [4.69, 9.17) is 4.74 Å². The van der Waals surface area contributed by atoms with Crippen molar-refractivity contribution in [1.82, 2.24) is 5.32 Å². The normalized spacial score (nSPS) is 18.2. The number of rotatable bonds is 6. The van der Waals surface area contributed by atoms with E-state index < -0.39 is 0 Å². The van der Waals surface area contributed by atoms with E-state index in [1.54, 1.807) is 11.8 Å². The fourth-order valence-corrected chi connectivity index (χ4v) is 3.18. The Morgan fingerprint density at radius 2 is 2.30 bits per heavy atom. The van der Waals surface area contributed by atoms with Gasteiger partial charge in [0.1, 0.15) is 0 Å². The summed E-state index contributed by atoms with van der Waals surface area (Å²) in [5.74, 6) is 2.06. The summed E-state index contributed by atoms with van der Waals surface area (Å²) in [6.45, 7) is 6.60. The molecule has 1 aliphatic heterocycles. The fraction of sp³-hybridized carbons (Fsp3) is 0.562. The zero-order valence-corrected chi connectivity index (χ0v) is 13.1. The Morgan fingerprint density at radius 1 is 1.45 bits per heavy atom. The summed E-state index contributed by atoms with van der Waals surface area (Å²) in [5, 5.41) is 3.00. The molecule has 1 N–H and O–H groups in total. The highest BCUT2D eigenvalue weighted by atomic mass is 32.2. The van der Waals surface area contributed by atoms with Gasteiger partial charge in [-0.05, 0) is 31.4 Å². The third-order valence-electron chi connectivity index (χ3n) is 3.61. The molecule has 1 atom stereocenters. The zero-order chi connectivity index (χ0) is 14.4. The quantitative estimate of drug-likeness (QED) is 0.876. The van der Waals surface area contributed by atoms with Gasteiger partial charge in [-0.3, -0.25) is 4.79 Å². The molecule has 3 nitrogen and oxygen atoms in total. The number of aryl methyl sites for hydroxylation is 2. The van der Waals surface area contributed by atoms with Crippen LogP contribution in [0.15, 0.2) is 18.2 Å². The second kappa shape index (κ2) is 7.70. The second-order valence-corrected chi connectivity index (χ2v) is 6.44. The van der Waals surface area contributed by atoms with E-state index in [0.717, 1.165) is 31.9 Å². The molecule has 0 radical (unpaired) electrons. The Bertz CT molecular complexity index is 456. The van der Waals surface area contributed by atoms with Gasteiger partial charge in [-0.15, -0.1) is 11.8 Å². The SMILES string of the molecule is Cc1ccc(C)c(CSCC(=O)NC[C@H]2CCOC2)c1. The van der Waals surface area contributed by atoms with Gasteiger partial charge in [0.2, 0.25) is 5.91 Å². The standard InChI is InChI=1S/C16H23NO2S/c1-12-3-4-13(2)15(7-12)10-20-11-16(18)17-8-14-5-6-19-9-14/h3-4,7,14H,5-6,8-11H2,1-2H3,(H,17,18)/t14-/m1/s1. The van der Waals surface area contributed by atoms with Crippen LogP contribution in [0.3, 0.4) is 0 Å². The molecule has 0 bridgehead atoms. The Hall–Kier alpha value is -1.00. The summed E-state index contributed by atoms with van der Waals surface area (Å²) in [6.07, 6.45) is 1.07. The number of hydrogen-bond donors (Lipinski definition) is 1. The van der Waals surface area contributed by atoms with Crippen LogP contribution in [0.5, 0.6) is 0 Å². The Morgan fingerprint density at radius 3 is 3.05 bits per heavy atom. The molecule has 2 rings (SSSR count). The maximum absolute atomic E-state index is 11.8. The van der Waals surface area contributed by atoms with Crippen molar-refractivity contribution in [2.45, 2.75) is 26.0 Å². The molecule has 1 heterocycles. The van der Waals surface area contributed by atoms with Crippen molar-refractivity contribution in [2.75, 3.05) is 25.5 Å². The number of ether oxygens (including phenoxy) is 1. The molecule has 110 valence electrons. The highest BCUT2D eigenvalue weighted by Crippen LogP contribution is 2.17. The van der Waals surface area contributed by atoms with Gasteiger partial charge in [-0.2, -0.15) is 0 Å². The first-order chi connectivity index (χ1) is 9.65. The number of amides is 1. The predicted octanol–water partition coefficient (Wildman–Crippen LogP) is 2.69. The highest BCUT2D eigenvalue weighted by Gasteiger charge is 2.16. The average molecular weight is 293 g/mol. The minimum Gasteiger partial charge on any atom is -0.381 e. The van der Waals surface area contributed by atoms with Crippen molar-refractivity contribution >= 4 is 17.7 Å². The van der Waals surface area contributed by atoms with Gasteiger partial charge in [-0.25, -0.2) is 0 Å². The molecule has 0 aromatic heterocycles. The molecular weight excluding hydrogens is 270 g/mol. The molecule has 1 aromatic carbocycles. The summed E-state index contributed by atoms with van der Waals surface area (Å²) in [4.78, 5) is 11.8. The fourth-order valence-electron chi connectivity index (χ4n) is 2.26. The van der Waals surface area contributed by atoms with Gasteiger partial charge in [0.15, 0.2) is 0 Å². The van der Waals surface area contributed by atoms with Crippen molar-refractivity contribution in [2.24, 2.45) is 5.92 Å². The topological polar surface area (TPSA) is 38.3 Å². The molecule has 1 amide bonds. The van der Waals surface area contributed by atoms with E-state index in [9.17, 15) is 4.79 Å². The number of hydrogen-bond acceptors (Lipinski definition) is 3. The van der Waals surface area contributed by atoms with Crippen molar-refractivity contribution < 1.29 is 9.53 Å². The molecule has 0 saturated carbocycles. The minimum absolute atomic E-state index is 0.132. The lowest BCUT2D eigenvalue weighted by Gasteiger charge is -2.10. The van der Waals surface area contributed by atoms with E-state index in [1.807, 2.05) is 0 Å². The molecule has 0 spiro atoms. The summed E-state index contributed by atoms with van der Waals surface area (Å²) < 4.78 is 5.30. The van der Waals surface area contributed by atoms with Gasteiger partial charge in [0.05, 0.1) is 12.4 Å². The lowest BCUT2D eigenvalue weighted by atomic mass is 10.1. The molecule has 4 heteroatoms. The highest BCUT2D eigenvalue weighted by molar-refractivity contribution is 7.99. The number of thioether (sulfide) groups is 1.